The lowest BCUT2D eigenvalue weighted by atomic mass is 9.58. The van der Waals surface area contributed by atoms with Crippen molar-refractivity contribution >= 4 is 105 Å². The van der Waals surface area contributed by atoms with E-state index < -0.39 is 0 Å². The number of anilines is 2. The number of fused-ring (bicyclic) bond motifs is 13. The number of nitrogens with one attached hydrogen (secondary N) is 1. The van der Waals surface area contributed by atoms with Crippen LogP contribution < -0.4 is 16.2 Å². The SMILES string of the molecule is CC(C)(C)c1ccc(Nc2ccc(C(C)(C)C)cc2-c2c3c4c(c5cc6c(cc5n4-c4cc5c(cc4B3)oc3ccccc35)C(C)(C)CCC6(C)C)c3c2sc2ccccc23)cc1. The minimum Gasteiger partial charge on any atom is -0.456 e. The molecule has 0 amide bonds. The summed E-state index contributed by atoms with van der Waals surface area (Å²) in [7, 11) is 0.796. The van der Waals surface area contributed by atoms with Crippen molar-refractivity contribution in [1.29, 1.82) is 0 Å². The van der Waals surface area contributed by atoms with Crippen LogP contribution in [0.2, 0.25) is 0 Å². The van der Waals surface area contributed by atoms with Crippen molar-refractivity contribution in [3.8, 4) is 16.8 Å². The van der Waals surface area contributed by atoms with E-state index in [0.29, 0.717) is 0 Å². The van der Waals surface area contributed by atoms with Crippen LogP contribution in [0.5, 0.6) is 0 Å². The Labute approximate surface area is 375 Å². The predicted molar refractivity (Wildman–Crippen MR) is 275 cm³/mol. The molecule has 0 bridgehead atoms. The van der Waals surface area contributed by atoms with Crippen molar-refractivity contribution < 1.29 is 4.42 Å². The first-order chi connectivity index (χ1) is 30.0. The second-order valence-electron chi connectivity index (χ2n) is 22.1. The summed E-state index contributed by atoms with van der Waals surface area (Å²) in [6.07, 6.45) is 2.35. The summed E-state index contributed by atoms with van der Waals surface area (Å²) in [5.74, 6) is 0. The molecule has 2 aliphatic rings. The molecule has 312 valence electrons. The van der Waals surface area contributed by atoms with Crippen molar-refractivity contribution in [3.05, 3.63) is 138 Å². The zero-order valence-electron chi connectivity index (χ0n) is 38.4. The lowest BCUT2D eigenvalue weighted by Crippen LogP contribution is -2.37. The van der Waals surface area contributed by atoms with Crippen LogP contribution in [0, 0.1) is 0 Å². The average Bonchev–Trinajstić information content (AvgIpc) is 3.91. The Morgan fingerprint density at radius 2 is 1.30 bits per heavy atom. The van der Waals surface area contributed by atoms with Crippen LogP contribution in [0.15, 0.2) is 120 Å². The normalized spacial score (nSPS) is 15.7. The average molecular weight is 839 g/mol. The van der Waals surface area contributed by atoms with Gasteiger partial charge in [-0.05, 0) is 128 Å². The number of nitrogens with zero attached hydrogens (tertiary/aromatic N) is 1. The third kappa shape index (κ3) is 5.71. The molecule has 7 aromatic carbocycles. The Bertz CT molecular complexity index is 3580. The maximum absolute atomic E-state index is 6.65. The molecule has 10 aromatic rings. The van der Waals surface area contributed by atoms with Gasteiger partial charge in [0.05, 0.1) is 5.52 Å². The van der Waals surface area contributed by atoms with E-state index in [9.17, 15) is 0 Å². The summed E-state index contributed by atoms with van der Waals surface area (Å²) in [4.78, 5) is 0. The molecule has 5 heteroatoms. The zero-order chi connectivity index (χ0) is 43.5. The quantitative estimate of drug-likeness (QED) is 0.180. The Hall–Kier alpha value is -5.78. The number of hydrogen-bond donors (Lipinski definition) is 1. The van der Waals surface area contributed by atoms with Gasteiger partial charge in [0.1, 0.15) is 11.2 Å². The molecule has 1 aliphatic carbocycles. The molecule has 3 aromatic heterocycles. The van der Waals surface area contributed by atoms with Crippen molar-refractivity contribution in [2.45, 2.75) is 104 Å². The van der Waals surface area contributed by atoms with Crippen molar-refractivity contribution in [2.24, 2.45) is 0 Å². The van der Waals surface area contributed by atoms with Gasteiger partial charge in [-0.25, -0.2) is 0 Å². The van der Waals surface area contributed by atoms with Gasteiger partial charge in [0.25, 0.3) is 0 Å². The van der Waals surface area contributed by atoms with Crippen LogP contribution in [0.4, 0.5) is 11.4 Å². The van der Waals surface area contributed by atoms with Crippen molar-refractivity contribution in [1.82, 2.24) is 4.57 Å². The van der Waals surface area contributed by atoms with Crippen LogP contribution in [0.25, 0.3) is 80.7 Å². The number of thiophene rings is 1. The number of rotatable bonds is 3. The van der Waals surface area contributed by atoms with E-state index in [1.54, 1.807) is 0 Å². The minimum absolute atomic E-state index is 0.0463. The Balaban J connectivity index is 1.26. The first-order valence-corrected chi connectivity index (χ1v) is 23.7. The third-order valence-electron chi connectivity index (χ3n) is 15.0. The molecule has 0 saturated carbocycles. The largest absolute Gasteiger partial charge is 0.456 e. The topological polar surface area (TPSA) is 30.1 Å². The Kier molecular flexibility index (Phi) is 7.97. The highest BCUT2D eigenvalue weighted by molar-refractivity contribution is 7.26. The maximum atomic E-state index is 6.65. The van der Waals surface area contributed by atoms with Gasteiger partial charge in [0.15, 0.2) is 7.28 Å². The first-order valence-electron chi connectivity index (χ1n) is 22.9. The molecule has 12 rings (SSSR count). The van der Waals surface area contributed by atoms with Gasteiger partial charge in [-0.15, -0.1) is 11.3 Å². The molecule has 0 fully saturated rings. The number of aromatic nitrogens is 1. The highest BCUT2D eigenvalue weighted by Gasteiger charge is 2.39. The van der Waals surface area contributed by atoms with Crippen LogP contribution in [0.3, 0.4) is 0 Å². The lowest BCUT2D eigenvalue weighted by molar-refractivity contribution is 0.332. The van der Waals surface area contributed by atoms with E-state index in [2.05, 4.69) is 194 Å². The molecule has 63 heavy (non-hydrogen) atoms. The first kappa shape index (κ1) is 38.9. The summed E-state index contributed by atoms with van der Waals surface area (Å²) >= 11 is 1.96. The third-order valence-corrected chi connectivity index (χ3v) is 16.2. The Morgan fingerprint density at radius 3 is 2.03 bits per heavy atom. The van der Waals surface area contributed by atoms with Gasteiger partial charge in [-0.1, -0.05) is 129 Å². The van der Waals surface area contributed by atoms with Crippen LogP contribution in [0.1, 0.15) is 104 Å². The van der Waals surface area contributed by atoms with E-state index in [-0.39, 0.29) is 21.7 Å². The molecule has 0 saturated heterocycles. The standard InChI is InChI=1S/C58H55BN2OS/c1-55(2,3)32-19-22-34(23-20-32)60-43-24-21-33(56(4,5)6)27-38(43)51-52-53-49(50-36-16-12-14-18-48(36)63-54(50)51)39-28-40-41(58(9,10)26-25-57(40,7)8)30-44(39)61(53)45-29-37-35-15-11-13-17-46(35)62-47(37)31-42(45)59-52/h11-24,27-31,59-60H,25-26H2,1-10H3. The summed E-state index contributed by atoms with van der Waals surface area (Å²) in [6, 6.07) is 43.9. The van der Waals surface area contributed by atoms with Gasteiger partial charge >= 0.3 is 0 Å². The number of para-hydroxylation sites is 1. The molecule has 0 atom stereocenters. The van der Waals surface area contributed by atoms with E-state index in [1.807, 2.05) is 11.3 Å². The molecule has 4 heterocycles. The van der Waals surface area contributed by atoms with Crippen molar-refractivity contribution in [2.75, 3.05) is 5.32 Å². The fourth-order valence-electron chi connectivity index (χ4n) is 11.2. The van der Waals surface area contributed by atoms with Gasteiger partial charge in [-0.2, -0.15) is 0 Å². The van der Waals surface area contributed by atoms with Crippen LogP contribution >= 0.6 is 11.3 Å². The van der Waals surface area contributed by atoms with E-state index in [1.165, 1.54) is 116 Å². The minimum atomic E-state index is -0.0463. The van der Waals surface area contributed by atoms with Crippen LogP contribution in [-0.2, 0) is 21.7 Å². The molecule has 0 spiro atoms. The summed E-state index contributed by atoms with van der Waals surface area (Å²) in [6.45, 7) is 23.7. The fourth-order valence-corrected chi connectivity index (χ4v) is 12.5. The molecule has 0 radical (unpaired) electrons. The van der Waals surface area contributed by atoms with Gasteiger partial charge in [0, 0.05) is 69.9 Å². The lowest BCUT2D eigenvalue weighted by Gasteiger charge is -2.42. The van der Waals surface area contributed by atoms with E-state index in [0.717, 1.165) is 29.8 Å². The van der Waals surface area contributed by atoms with E-state index in [4.69, 9.17) is 4.42 Å². The number of hydrogen-bond acceptors (Lipinski definition) is 3. The summed E-state index contributed by atoms with van der Waals surface area (Å²) in [5.41, 5.74) is 19.1. The Morgan fingerprint density at radius 1 is 0.635 bits per heavy atom. The molecule has 1 N–H and O–H groups in total. The molecule has 0 unspecified atom stereocenters. The summed E-state index contributed by atoms with van der Waals surface area (Å²) < 4.78 is 12.0. The molecule has 1 aliphatic heterocycles. The van der Waals surface area contributed by atoms with Crippen molar-refractivity contribution in [3.63, 3.8) is 0 Å². The van der Waals surface area contributed by atoms with Gasteiger partial charge in [0.2, 0.25) is 0 Å². The van der Waals surface area contributed by atoms with Gasteiger partial charge < -0.3 is 14.3 Å². The number of furan rings is 1. The second kappa shape index (κ2) is 12.9. The smallest absolute Gasteiger partial charge is 0.198 e. The molecular formula is C58H55BN2OS. The van der Waals surface area contributed by atoms with Crippen LogP contribution in [-0.4, -0.2) is 11.8 Å². The highest BCUT2D eigenvalue weighted by Crippen LogP contribution is 2.53. The highest BCUT2D eigenvalue weighted by atomic mass is 32.1. The maximum Gasteiger partial charge on any atom is 0.198 e. The second-order valence-corrected chi connectivity index (χ2v) is 23.2. The summed E-state index contributed by atoms with van der Waals surface area (Å²) in [5, 5.41) is 11.8. The molecular weight excluding hydrogens is 784 g/mol. The van der Waals surface area contributed by atoms with Gasteiger partial charge in [-0.3, -0.25) is 0 Å². The number of benzene rings is 7. The predicted octanol–water partition coefficient (Wildman–Crippen LogP) is 15.1. The fraction of sp³-hybridized carbons (Fsp3) is 0.276. The van der Waals surface area contributed by atoms with E-state index >= 15 is 0 Å². The monoisotopic (exact) mass is 838 g/mol. The molecule has 3 nitrogen and oxygen atoms in total. The zero-order valence-corrected chi connectivity index (χ0v) is 39.2.